The maximum absolute atomic E-state index is 13.3. The number of aromatic nitrogens is 2. The maximum atomic E-state index is 13.3. The minimum absolute atomic E-state index is 0.122. The zero-order valence-electron chi connectivity index (χ0n) is 22.5. The summed E-state index contributed by atoms with van der Waals surface area (Å²) in [6, 6.07) is 7.04. The van der Waals surface area contributed by atoms with Gasteiger partial charge in [0, 0.05) is 45.9 Å². The number of aromatic hydroxyl groups is 4. The first kappa shape index (κ1) is 26.6. The largest absolute Gasteiger partial charge is 0.492 e. The van der Waals surface area contributed by atoms with Crippen molar-refractivity contribution in [1.82, 2.24) is 14.8 Å². The van der Waals surface area contributed by atoms with Crippen LogP contribution in [0.25, 0.3) is 0 Å². The Hall–Kier alpha value is -5.33. The van der Waals surface area contributed by atoms with Crippen LogP contribution in [0.3, 0.4) is 0 Å². The second-order valence-electron chi connectivity index (χ2n) is 11.0. The van der Waals surface area contributed by atoms with Crippen molar-refractivity contribution in [3.8, 4) is 23.5 Å². The number of fused-ring (bicyclic) bond motifs is 10. The van der Waals surface area contributed by atoms with Gasteiger partial charge < -0.3 is 40.2 Å². The van der Waals surface area contributed by atoms with Crippen LogP contribution < -0.4 is 15.0 Å². The monoisotopic (exact) mass is 589 g/mol. The van der Waals surface area contributed by atoms with Gasteiger partial charge in [-0.05, 0) is 18.4 Å². The number of amides is 1. The SMILES string of the molecule is O=C(CC(NC(=O)OCc1ccccc1)C(=O)On1c(O)c2c(c1O)C1C=CC2C1)On1c(O)c2c(c1O)C1C=CC2C1. The number of hydrogen-bond acceptors (Lipinski definition) is 10. The lowest BCUT2D eigenvalue weighted by Crippen LogP contribution is -2.47. The highest BCUT2D eigenvalue weighted by Gasteiger charge is 2.44. The van der Waals surface area contributed by atoms with Crippen LogP contribution in [0.15, 0.2) is 54.6 Å². The summed E-state index contributed by atoms with van der Waals surface area (Å²) in [5.41, 5.74) is 2.49. The van der Waals surface area contributed by atoms with Crippen LogP contribution in [0, 0.1) is 0 Å². The summed E-state index contributed by atoms with van der Waals surface area (Å²) in [4.78, 5) is 49.4. The fraction of sp³-hybridized carbons (Fsp3) is 0.300. The van der Waals surface area contributed by atoms with E-state index in [2.05, 4.69) is 5.32 Å². The van der Waals surface area contributed by atoms with Crippen LogP contribution in [0.4, 0.5) is 4.79 Å². The molecule has 1 amide bonds. The van der Waals surface area contributed by atoms with E-state index >= 15 is 0 Å². The van der Waals surface area contributed by atoms with Crippen molar-refractivity contribution in [3.63, 3.8) is 0 Å². The molecule has 13 heteroatoms. The Morgan fingerprint density at radius 2 is 1.21 bits per heavy atom. The lowest BCUT2D eigenvalue weighted by Gasteiger charge is -2.18. The minimum atomic E-state index is -1.72. The van der Waals surface area contributed by atoms with E-state index in [1.807, 2.05) is 24.3 Å². The van der Waals surface area contributed by atoms with E-state index in [1.54, 1.807) is 30.3 Å². The molecule has 3 aromatic rings. The second-order valence-corrected chi connectivity index (χ2v) is 11.0. The van der Waals surface area contributed by atoms with Gasteiger partial charge in [-0.15, -0.1) is 9.46 Å². The summed E-state index contributed by atoms with van der Waals surface area (Å²) in [7, 11) is 0. The molecule has 5 atom stereocenters. The van der Waals surface area contributed by atoms with Crippen LogP contribution in [0.5, 0.6) is 23.5 Å². The first-order valence-corrected chi connectivity index (χ1v) is 13.8. The van der Waals surface area contributed by atoms with Crippen molar-refractivity contribution in [1.29, 1.82) is 0 Å². The Morgan fingerprint density at radius 1 is 0.744 bits per heavy atom. The van der Waals surface area contributed by atoms with Crippen molar-refractivity contribution >= 4 is 18.0 Å². The predicted octanol–water partition coefficient (Wildman–Crippen LogP) is 2.69. The summed E-state index contributed by atoms with van der Waals surface area (Å²) in [6.45, 7) is -0.131. The standard InChI is InChI=1S/C30H27N3O10/c34-20(42-32-25(35)21-15-6-7-16(10-15)22(21)26(32)36)12-19(31-30(40)41-13-14-4-2-1-3-5-14)29(39)43-33-27(37)23-17-8-9-18(11-17)24(23)28(33)38/h1-9,15-19,35-38H,10-13H2,(H,31,40). The fourth-order valence-corrected chi connectivity index (χ4v) is 6.57. The first-order chi connectivity index (χ1) is 20.7. The first-order valence-electron chi connectivity index (χ1n) is 13.8. The van der Waals surface area contributed by atoms with Gasteiger partial charge in [-0.25, -0.2) is 14.4 Å². The maximum Gasteiger partial charge on any atom is 0.408 e. The molecule has 0 saturated heterocycles. The zero-order valence-corrected chi connectivity index (χ0v) is 22.5. The van der Waals surface area contributed by atoms with Crippen molar-refractivity contribution in [2.24, 2.45) is 0 Å². The van der Waals surface area contributed by atoms with Gasteiger partial charge in [0.15, 0.2) is 0 Å². The summed E-state index contributed by atoms with van der Waals surface area (Å²) >= 11 is 0. The third-order valence-electron chi connectivity index (χ3n) is 8.50. The fourth-order valence-electron chi connectivity index (χ4n) is 6.57. The number of ether oxygens (including phenoxy) is 1. The number of carbonyl (C=O) groups is 3. The average Bonchev–Trinajstić information content (AvgIpc) is 3.85. The van der Waals surface area contributed by atoms with Gasteiger partial charge in [0.05, 0.1) is 6.42 Å². The smallest absolute Gasteiger partial charge is 0.408 e. The van der Waals surface area contributed by atoms with E-state index in [1.165, 1.54) is 0 Å². The van der Waals surface area contributed by atoms with Gasteiger partial charge in [-0.3, -0.25) is 0 Å². The van der Waals surface area contributed by atoms with Gasteiger partial charge in [-0.2, -0.15) is 0 Å². The number of allylic oxidation sites excluding steroid dienone is 4. The minimum Gasteiger partial charge on any atom is -0.492 e. The van der Waals surface area contributed by atoms with Crippen LogP contribution in [0.2, 0.25) is 0 Å². The van der Waals surface area contributed by atoms with E-state index in [4.69, 9.17) is 14.4 Å². The molecule has 4 aliphatic carbocycles. The molecule has 5 N–H and O–H groups in total. The van der Waals surface area contributed by atoms with Gasteiger partial charge in [0.25, 0.3) is 0 Å². The summed E-state index contributed by atoms with van der Waals surface area (Å²) in [6.07, 6.45) is 7.10. The van der Waals surface area contributed by atoms with Gasteiger partial charge >= 0.3 is 18.0 Å². The topological polar surface area (TPSA) is 182 Å². The Morgan fingerprint density at radius 3 is 1.70 bits per heavy atom. The molecular formula is C30H27N3O10. The molecule has 2 aromatic heterocycles. The summed E-state index contributed by atoms with van der Waals surface area (Å²) in [5.74, 6) is -4.68. The number of hydrogen-bond donors (Lipinski definition) is 5. The molecule has 222 valence electrons. The highest BCUT2D eigenvalue weighted by atomic mass is 16.7. The van der Waals surface area contributed by atoms with E-state index in [-0.39, 0.29) is 30.3 Å². The predicted molar refractivity (Wildman–Crippen MR) is 145 cm³/mol. The van der Waals surface area contributed by atoms with Crippen molar-refractivity contribution in [2.75, 3.05) is 0 Å². The molecular weight excluding hydrogens is 562 g/mol. The van der Waals surface area contributed by atoms with Gasteiger partial charge in [0.2, 0.25) is 23.5 Å². The Kier molecular flexibility index (Phi) is 6.11. The quantitative estimate of drug-likeness (QED) is 0.245. The summed E-state index contributed by atoms with van der Waals surface area (Å²) in [5, 5.41) is 45.1. The third-order valence-corrected chi connectivity index (χ3v) is 8.50. The Bertz CT molecular complexity index is 1650. The Balaban J connectivity index is 1.09. The van der Waals surface area contributed by atoms with Crippen LogP contribution in [-0.4, -0.2) is 54.0 Å². The number of carbonyl (C=O) groups excluding carboxylic acids is 3. The third kappa shape index (κ3) is 4.26. The molecule has 43 heavy (non-hydrogen) atoms. The molecule has 0 aliphatic heterocycles. The molecule has 4 aliphatic rings. The number of nitrogens with zero attached hydrogens (tertiary/aromatic N) is 2. The molecule has 0 saturated carbocycles. The normalized spacial score (nSPS) is 22.3. The number of benzene rings is 1. The number of nitrogens with one attached hydrogen (secondary N) is 1. The molecule has 0 spiro atoms. The van der Waals surface area contributed by atoms with E-state index in [0.717, 1.165) is 0 Å². The number of alkyl carbamates (subject to hydrolysis) is 1. The van der Waals surface area contributed by atoms with Gasteiger partial charge in [-0.1, -0.05) is 54.6 Å². The van der Waals surface area contributed by atoms with E-state index in [9.17, 15) is 34.8 Å². The average molecular weight is 590 g/mol. The van der Waals surface area contributed by atoms with Crippen LogP contribution >= 0.6 is 0 Å². The molecule has 1 aromatic carbocycles. The lowest BCUT2D eigenvalue weighted by atomic mass is 10.0. The van der Waals surface area contributed by atoms with E-state index < -0.39 is 54.0 Å². The Labute approximate surface area is 243 Å². The highest BCUT2D eigenvalue weighted by molar-refractivity contribution is 5.86. The number of rotatable bonds is 8. The second kappa shape index (κ2) is 9.89. The zero-order chi connectivity index (χ0) is 30.0. The van der Waals surface area contributed by atoms with Crippen LogP contribution in [0.1, 0.15) is 70.8 Å². The van der Waals surface area contributed by atoms with E-state index in [0.29, 0.717) is 50.1 Å². The summed E-state index contributed by atoms with van der Waals surface area (Å²) < 4.78 is 6.34. The molecule has 4 bridgehead atoms. The molecule has 13 nitrogen and oxygen atoms in total. The van der Waals surface area contributed by atoms with Gasteiger partial charge in [0.1, 0.15) is 12.6 Å². The van der Waals surface area contributed by atoms with Crippen LogP contribution in [-0.2, 0) is 20.9 Å². The molecule has 5 unspecified atom stereocenters. The van der Waals surface area contributed by atoms with Crippen molar-refractivity contribution < 1.29 is 49.2 Å². The highest BCUT2D eigenvalue weighted by Crippen LogP contribution is 2.57. The molecule has 7 rings (SSSR count). The lowest BCUT2D eigenvalue weighted by molar-refractivity contribution is -0.154. The molecule has 2 heterocycles. The molecule has 0 fully saturated rings. The van der Waals surface area contributed by atoms with Crippen molar-refractivity contribution in [2.45, 2.75) is 55.6 Å². The van der Waals surface area contributed by atoms with Crippen molar-refractivity contribution in [3.05, 3.63) is 82.5 Å². The molecule has 0 radical (unpaired) electrons.